The molecule has 3 nitrogen and oxygen atoms in total. The van der Waals surface area contributed by atoms with E-state index in [0.717, 1.165) is 42.7 Å². The number of rotatable bonds is 5. The van der Waals surface area contributed by atoms with Crippen molar-refractivity contribution in [3.63, 3.8) is 0 Å². The molecule has 18 heavy (non-hydrogen) atoms. The van der Waals surface area contributed by atoms with E-state index >= 15 is 0 Å². The van der Waals surface area contributed by atoms with Crippen molar-refractivity contribution in [2.75, 3.05) is 26.4 Å². The second-order valence-electron chi connectivity index (χ2n) is 4.83. The third-order valence-electron chi connectivity index (χ3n) is 3.59. The minimum absolute atomic E-state index is 0.00966. The van der Waals surface area contributed by atoms with Crippen LogP contribution in [-0.4, -0.2) is 31.5 Å². The molecule has 0 spiro atoms. The van der Waals surface area contributed by atoms with Gasteiger partial charge in [-0.2, -0.15) is 0 Å². The summed E-state index contributed by atoms with van der Waals surface area (Å²) in [7, 11) is 0. The Morgan fingerprint density at radius 3 is 2.78 bits per heavy atom. The number of hydrogen-bond acceptors (Lipinski definition) is 3. The van der Waals surface area contributed by atoms with E-state index in [1.165, 1.54) is 0 Å². The summed E-state index contributed by atoms with van der Waals surface area (Å²) in [6, 6.07) is 7.83. The highest BCUT2D eigenvalue weighted by molar-refractivity contribution is 9.10. The van der Waals surface area contributed by atoms with E-state index in [1.807, 2.05) is 24.3 Å². The zero-order chi connectivity index (χ0) is 12.8. The molecule has 1 aliphatic heterocycles. The highest BCUT2D eigenvalue weighted by atomic mass is 79.9. The summed E-state index contributed by atoms with van der Waals surface area (Å²) in [5.74, 6) is 0.865. The van der Waals surface area contributed by atoms with Gasteiger partial charge in [-0.1, -0.05) is 22.0 Å². The van der Waals surface area contributed by atoms with Crippen LogP contribution in [0.4, 0.5) is 0 Å². The summed E-state index contributed by atoms with van der Waals surface area (Å²) in [6.07, 6.45) is 2.72. The average Bonchev–Trinajstić information content (AvgIpc) is 2.40. The molecule has 0 unspecified atom stereocenters. The van der Waals surface area contributed by atoms with Gasteiger partial charge in [-0.05, 0) is 37.5 Å². The second-order valence-corrected chi connectivity index (χ2v) is 5.74. The third kappa shape index (κ3) is 3.70. The van der Waals surface area contributed by atoms with Gasteiger partial charge in [0.1, 0.15) is 5.75 Å². The van der Waals surface area contributed by atoms with Crippen LogP contribution in [0.3, 0.4) is 0 Å². The molecule has 0 bridgehead atoms. The van der Waals surface area contributed by atoms with Gasteiger partial charge in [-0.15, -0.1) is 0 Å². The maximum atomic E-state index is 9.56. The monoisotopic (exact) mass is 314 g/mol. The van der Waals surface area contributed by atoms with Gasteiger partial charge in [0, 0.05) is 29.7 Å². The van der Waals surface area contributed by atoms with E-state index < -0.39 is 0 Å². The molecule has 100 valence electrons. The maximum Gasteiger partial charge on any atom is 0.120 e. The van der Waals surface area contributed by atoms with Gasteiger partial charge in [0.15, 0.2) is 0 Å². The van der Waals surface area contributed by atoms with E-state index in [2.05, 4.69) is 15.9 Å². The quantitative estimate of drug-likeness (QED) is 0.908. The van der Waals surface area contributed by atoms with Crippen LogP contribution in [0.5, 0.6) is 5.75 Å². The largest absolute Gasteiger partial charge is 0.494 e. The molecule has 1 saturated heterocycles. The Morgan fingerprint density at radius 2 is 2.11 bits per heavy atom. The predicted octanol–water partition coefficient (Wildman–Crippen LogP) is 3.01. The molecule has 0 aliphatic carbocycles. The van der Waals surface area contributed by atoms with Crippen molar-refractivity contribution in [3.05, 3.63) is 28.7 Å². The molecule has 4 heteroatoms. The molecule has 1 fully saturated rings. The lowest BCUT2D eigenvalue weighted by molar-refractivity contribution is -0.0263. The van der Waals surface area contributed by atoms with Crippen LogP contribution in [0.2, 0.25) is 0 Å². The topological polar surface area (TPSA) is 38.7 Å². The molecule has 1 aromatic rings. The number of hydrogen-bond donors (Lipinski definition) is 1. The number of aliphatic hydroxyl groups is 1. The Labute approximate surface area is 116 Å². The first kappa shape index (κ1) is 13.8. The van der Waals surface area contributed by atoms with Crippen LogP contribution in [-0.2, 0) is 4.74 Å². The van der Waals surface area contributed by atoms with Crippen molar-refractivity contribution in [1.82, 2.24) is 0 Å². The molecular weight excluding hydrogens is 296 g/mol. The molecule has 1 N–H and O–H groups in total. The van der Waals surface area contributed by atoms with Crippen LogP contribution in [0.25, 0.3) is 0 Å². The molecule has 0 aromatic heterocycles. The van der Waals surface area contributed by atoms with Crippen molar-refractivity contribution in [2.24, 2.45) is 5.41 Å². The van der Waals surface area contributed by atoms with Gasteiger partial charge in [-0.3, -0.25) is 0 Å². The average molecular weight is 315 g/mol. The Bertz CT molecular complexity index is 375. The molecule has 0 saturated carbocycles. The minimum atomic E-state index is -0.00966. The fourth-order valence-corrected chi connectivity index (χ4v) is 2.61. The Kier molecular flexibility index (Phi) is 5.03. The molecule has 1 heterocycles. The van der Waals surface area contributed by atoms with Gasteiger partial charge >= 0.3 is 0 Å². The highest BCUT2D eigenvalue weighted by Gasteiger charge is 2.31. The SMILES string of the molecule is OCC1(CCOc2cccc(Br)c2)CCOCC1. The Hall–Kier alpha value is -0.580. The summed E-state index contributed by atoms with van der Waals surface area (Å²) in [5, 5.41) is 9.56. The van der Waals surface area contributed by atoms with Crippen LogP contribution >= 0.6 is 15.9 Å². The molecular formula is C14H19BrO3. The first-order valence-electron chi connectivity index (χ1n) is 6.31. The summed E-state index contributed by atoms with van der Waals surface area (Å²) in [5.41, 5.74) is -0.00966. The smallest absolute Gasteiger partial charge is 0.120 e. The number of benzene rings is 1. The van der Waals surface area contributed by atoms with Gasteiger partial charge in [-0.25, -0.2) is 0 Å². The van der Waals surface area contributed by atoms with Crippen LogP contribution in [0, 0.1) is 5.41 Å². The van der Waals surface area contributed by atoms with Gasteiger partial charge in [0.2, 0.25) is 0 Å². The van der Waals surface area contributed by atoms with Gasteiger partial charge < -0.3 is 14.6 Å². The molecule has 0 amide bonds. The van der Waals surface area contributed by atoms with Crippen molar-refractivity contribution >= 4 is 15.9 Å². The molecule has 0 radical (unpaired) electrons. The summed E-state index contributed by atoms with van der Waals surface area (Å²) < 4.78 is 12.1. The number of ether oxygens (including phenoxy) is 2. The highest BCUT2D eigenvalue weighted by Crippen LogP contribution is 2.33. The van der Waals surface area contributed by atoms with Crippen molar-refractivity contribution in [1.29, 1.82) is 0 Å². The molecule has 2 rings (SSSR count). The molecule has 1 aliphatic rings. The van der Waals surface area contributed by atoms with E-state index in [9.17, 15) is 5.11 Å². The fourth-order valence-electron chi connectivity index (χ4n) is 2.23. The lowest BCUT2D eigenvalue weighted by Crippen LogP contribution is -2.34. The zero-order valence-corrected chi connectivity index (χ0v) is 12.0. The minimum Gasteiger partial charge on any atom is -0.494 e. The zero-order valence-electron chi connectivity index (χ0n) is 10.4. The fraction of sp³-hybridized carbons (Fsp3) is 0.571. The molecule has 0 atom stereocenters. The van der Waals surface area contributed by atoms with E-state index in [0.29, 0.717) is 6.61 Å². The Morgan fingerprint density at radius 1 is 1.33 bits per heavy atom. The third-order valence-corrected chi connectivity index (χ3v) is 4.08. The predicted molar refractivity (Wildman–Crippen MR) is 73.8 cm³/mol. The van der Waals surface area contributed by atoms with Gasteiger partial charge in [0.05, 0.1) is 6.61 Å². The summed E-state index contributed by atoms with van der Waals surface area (Å²) >= 11 is 3.42. The first-order chi connectivity index (χ1) is 8.74. The van der Waals surface area contributed by atoms with Gasteiger partial charge in [0.25, 0.3) is 0 Å². The standard InChI is InChI=1S/C14H19BrO3/c15-12-2-1-3-13(10-12)18-9-6-14(11-16)4-7-17-8-5-14/h1-3,10,16H,4-9,11H2. The van der Waals surface area contributed by atoms with E-state index in [1.54, 1.807) is 0 Å². The first-order valence-corrected chi connectivity index (χ1v) is 7.10. The van der Waals surface area contributed by atoms with Crippen molar-refractivity contribution < 1.29 is 14.6 Å². The normalized spacial score (nSPS) is 18.6. The molecule has 1 aromatic carbocycles. The maximum absolute atomic E-state index is 9.56. The number of halogens is 1. The summed E-state index contributed by atoms with van der Waals surface area (Å²) in [4.78, 5) is 0. The van der Waals surface area contributed by atoms with Crippen molar-refractivity contribution in [2.45, 2.75) is 19.3 Å². The van der Waals surface area contributed by atoms with Crippen LogP contribution in [0.1, 0.15) is 19.3 Å². The Balaban J connectivity index is 1.83. The van der Waals surface area contributed by atoms with E-state index in [4.69, 9.17) is 9.47 Å². The van der Waals surface area contributed by atoms with Crippen LogP contribution in [0.15, 0.2) is 28.7 Å². The van der Waals surface area contributed by atoms with E-state index in [-0.39, 0.29) is 12.0 Å². The summed E-state index contributed by atoms with van der Waals surface area (Å²) in [6.45, 7) is 2.35. The second kappa shape index (κ2) is 6.55. The van der Waals surface area contributed by atoms with Crippen LogP contribution < -0.4 is 4.74 Å². The van der Waals surface area contributed by atoms with Crippen molar-refractivity contribution in [3.8, 4) is 5.75 Å². The number of aliphatic hydroxyl groups excluding tert-OH is 1. The lowest BCUT2D eigenvalue weighted by Gasteiger charge is -2.35. The lowest BCUT2D eigenvalue weighted by atomic mass is 9.78.